The van der Waals surface area contributed by atoms with Gasteiger partial charge >= 0.3 is 0 Å². The van der Waals surface area contributed by atoms with Gasteiger partial charge in [0.1, 0.15) is 11.4 Å². The van der Waals surface area contributed by atoms with E-state index in [9.17, 15) is 0 Å². The monoisotopic (exact) mass is 329 g/mol. The van der Waals surface area contributed by atoms with Crippen LogP contribution in [0.3, 0.4) is 0 Å². The van der Waals surface area contributed by atoms with E-state index in [0.717, 1.165) is 16.7 Å². The Balaban J connectivity index is 1.52. The van der Waals surface area contributed by atoms with Crippen molar-refractivity contribution in [3.63, 3.8) is 0 Å². The van der Waals surface area contributed by atoms with Gasteiger partial charge in [-0.2, -0.15) is 5.10 Å². The maximum absolute atomic E-state index is 4.74. The van der Waals surface area contributed by atoms with Crippen LogP contribution in [0.5, 0.6) is 0 Å². The van der Waals surface area contributed by atoms with Gasteiger partial charge in [-0.1, -0.05) is 40.8 Å². The molecule has 0 saturated carbocycles. The molecule has 2 aliphatic rings. The lowest BCUT2D eigenvalue weighted by molar-refractivity contribution is 0.602. The molecular formula is C15H15N5S2. The Morgan fingerprint density at radius 1 is 1.27 bits per heavy atom. The molecule has 0 fully saturated rings. The second-order valence-electron chi connectivity index (χ2n) is 4.92. The van der Waals surface area contributed by atoms with Crippen molar-refractivity contribution in [2.24, 2.45) is 5.10 Å². The molecule has 112 valence electrons. The number of thiazole rings is 1. The molecule has 1 unspecified atom stereocenters. The quantitative estimate of drug-likeness (QED) is 0.875. The lowest BCUT2D eigenvalue weighted by Crippen LogP contribution is -2.26. The van der Waals surface area contributed by atoms with Gasteiger partial charge in [-0.3, -0.25) is 0 Å². The number of nitrogens with zero attached hydrogens (tertiary/aromatic N) is 4. The third-order valence-electron chi connectivity index (χ3n) is 3.38. The van der Waals surface area contributed by atoms with Crippen molar-refractivity contribution < 1.29 is 0 Å². The highest BCUT2D eigenvalue weighted by atomic mass is 32.2. The van der Waals surface area contributed by atoms with Crippen LogP contribution < -0.4 is 5.32 Å². The summed E-state index contributed by atoms with van der Waals surface area (Å²) < 4.78 is 0. The molecule has 5 nitrogen and oxygen atoms in total. The first-order valence-corrected chi connectivity index (χ1v) is 9.06. The van der Waals surface area contributed by atoms with E-state index in [-0.39, 0.29) is 10.5 Å². The third kappa shape index (κ3) is 2.42. The molecule has 3 heterocycles. The molecule has 1 N–H and O–H groups in total. The van der Waals surface area contributed by atoms with Crippen molar-refractivity contribution in [3.8, 4) is 0 Å². The van der Waals surface area contributed by atoms with Crippen LogP contribution in [-0.4, -0.2) is 33.4 Å². The van der Waals surface area contributed by atoms with Gasteiger partial charge in [-0.25, -0.2) is 9.99 Å². The smallest absolute Gasteiger partial charge is 0.183 e. The standard InChI is InChI=1S/C15H15N5S2/c1-19-11-17-20-7-8-22(15(19)20)13-10-21-14(18-13)16-9-12-5-3-2-4-6-12/h2-8,10-11H,9H2,1H3,(H,16,18). The van der Waals surface area contributed by atoms with Crippen LogP contribution in [-0.2, 0) is 6.54 Å². The molecule has 2 aliphatic heterocycles. The second kappa shape index (κ2) is 5.58. The van der Waals surface area contributed by atoms with E-state index in [1.165, 1.54) is 10.7 Å². The molecule has 0 radical (unpaired) electrons. The van der Waals surface area contributed by atoms with Crippen molar-refractivity contribution in [2.45, 2.75) is 11.6 Å². The summed E-state index contributed by atoms with van der Waals surface area (Å²) in [4.78, 5) is 6.80. The minimum absolute atomic E-state index is 0.131. The molecule has 0 amide bonds. The fourth-order valence-corrected chi connectivity index (χ4v) is 5.04. The number of hydrazone groups is 1. The lowest BCUT2D eigenvalue weighted by atomic mass is 10.2. The van der Waals surface area contributed by atoms with Gasteiger partial charge in [0.15, 0.2) is 10.2 Å². The molecule has 1 aromatic carbocycles. The zero-order valence-electron chi connectivity index (χ0n) is 12.0. The van der Waals surface area contributed by atoms with Gasteiger partial charge in [0.05, 0.1) is 0 Å². The maximum Gasteiger partial charge on any atom is 0.183 e. The number of hydrogen-bond donors (Lipinski definition) is 1. The summed E-state index contributed by atoms with van der Waals surface area (Å²) >= 11 is 1.65. The molecule has 0 aliphatic carbocycles. The Morgan fingerprint density at radius 3 is 3.00 bits per heavy atom. The van der Waals surface area contributed by atoms with Crippen molar-refractivity contribution in [1.82, 2.24) is 14.9 Å². The SMILES string of the molecule is CN1C=NN2C=CS(c3csc(NCc4ccccc4)n3)=C12. The van der Waals surface area contributed by atoms with E-state index in [1.807, 2.05) is 30.7 Å². The second-order valence-corrected chi connectivity index (χ2v) is 7.51. The summed E-state index contributed by atoms with van der Waals surface area (Å²) in [6.07, 6.45) is 3.84. The van der Waals surface area contributed by atoms with Crippen LogP contribution >= 0.6 is 21.8 Å². The fraction of sp³-hybridized carbons (Fsp3) is 0.133. The number of anilines is 1. The number of benzene rings is 1. The van der Waals surface area contributed by atoms with E-state index in [2.05, 4.69) is 50.4 Å². The Morgan fingerprint density at radius 2 is 2.14 bits per heavy atom. The van der Waals surface area contributed by atoms with E-state index in [4.69, 9.17) is 4.98 Å². The van der Waals surface area contributed by atoms with Crippen LogP contribution in [0.4, 0.5) is 5.13 Å². The number of nitrogens with one attached hydrogen (secondary N) is 1. The van der Waals surface area contributed by atoms with E-state index < -0.39 is 0 Å². The summed E-state index contributed by atoms with van der Waals surface area (Å²) in [7, 11) is 1.89. The van der Waals surface area contributed by atoms with E-state index >= 15 is 0 Å². The Hall–Kier alpha value is -2.12. The number of fused-ring (bicyclic) bond motifs is 1. The average Bonchev–Trinajstić information content (AvgIpc) is 3.24. The van der Waals surface area contributed by atoms with Crippen molar-refractivity contribution >= 4 is 38.4 Å². The molecule has 7 heteroatoms. The maximum atomic E-state index is 4.74. The normalized spacial score (nSPS) is 19.1. The van der Waals surface area contributed by atoms with Gasteiger partial charge in [-0.05, 0) is 11.0 Å². The van der Waals surface area contributed by atoms with Gasteiger partial charge in [0.25, 0.3) is 0 Å². The highest BCUT2D eigenvalue weighted by Gasteiger charge is 2.26. The molecule has 1 atom stereocenters. The number of aromatic nitrogens is 1. The first kappa shape index (κ1) is 13.5. The van der Waals surface area contributed by atoms with Crippen molar-refractivity contribution in [3.05, 3.63) is 52.9 Å². The highest BCUT2D eigenvalue weighted by molar-refractivity contribution is 8.18. The van der Waals surface area contributed by atoms with E-state index in [1.54, 1.807) is 11.3 Å². The Kier molecular flexibility index (Phi) is 3.44. The minimum Gasteiger partial charge on any atom is -0.357 e. The average molecular weight is 329 g/mol. The zero-order valence-corrected chi connectivity index (χ0v) is 13.6. The molecular weight excluding hydrogens is 314 g/mol. The Bertz CT molecular complexity index is 778. The molecule has 0 spiro atoms. The summed E-state index contributed by atoms with van der Waals surface area (Å²) in [6.45, 7) is 0.795. The summed E-state index contributed by atoms with van der Waals surface area (Å²) in [5, 5.41) is 17.1. The lowest BCUT2D eigenvalue weighted by Gasteiger charge is -2.13. The van der Waals surface area contributed by atoms with Gasteiger partial charge < -0.3 is 10.2 Å². The van der Waals surface area contributed by atoms with Gasteiger partial charge in [0, 0.05) is 25.2 Å². The predicted octanol–water partition coefficient (Wildman–Crippen LogP) is 3.15. The topological polar surface area (TPSA) is 43.8 Å². The van der Waals surface area contributed by atoms with Crippen LogP contribution in [0.2, 0.25) is 0 Å². The summed E-state index contributed by atoms with van der Waals surface area (Å²) in [6, 6.07) is 10.4. The predicted molar refractivity (Wildman–Crippen MR) is 94.0 cm³/mol. The first-order chi connectivity index (χ1) is 10.8. The van der Waals surface area contributed by atoms with E-state index in [0.29, 0.717) is 0 Å². The van der Waals surface area contributed by atoms with Gasteiger partial charge in [-0.15, -0.1) is 11.3 Å². The molecule has 0 saturated heterocycles. The Labute approximate surface area is 135 Å². The number of rotatable bonds is 4. The fourth-order valence-electron chi connectivity index (χ4n) is 2.31. The highest BCUT2D eigenvalue weighted by Crippen LogP contribution is 2.38. The first-order valence-electron chi connectivity index (χ1n) is 6.89. The molecule has 2 aromatic rings. The zero-order chi connectivity index (χ0) is 14.9. The van der Waals surface area contributed by atoms with Crippen molar-refractivity contribution in [1.29, 1.82) is 0 Å². The van der Waals surface area contributed by atoms with Crippen LogP contribution in [0.1, 0.15) is 5.56 Å². The third-order valence-corrected chi connectivity index (χ3v) is 6.25. The molecule has 22 heavy (non-hydrogen) atoms. The van der Waals surface area contributed by atoms with Crippen LogP contribution in [0.25, 0.3) is 0 Å². The number of hydrogen-bond acceptors (Lipinski definition) is 6. The van der Waals surface area contributed by atoms with Crippen LogP contribution in [0.15, 0.2) is 57.4 Å². The largest absolute Gasteiger partial charge is 0.357 e. The summed E-state index contributed by atoms with van der Waals surface area (Å²) in [5.74, 6) is 0. The molecule has 1 aromatic heterocycles. The minimum atomic E-state index is -0.131. The molecule has 0 bridgehead atoms. The van der Waals surface area contributed by atoms with Crippen molar-refractivity contribution in [2.75, 3.05) is 12.4 Å². The van der Waals surface area contributed by atoms with Crippen LogP contribution in [0, 0.1) is 0 Å². The molecule has 4 rings (SSSR count). The summed E-state index contributed by atoms with van der Waals surface area (Å²) in [5.41, 5.74) is 1.26. The van der Waals surface area contributed by atoms with Gasteiger partial charge in [0.2, 0.25) is 0 Å².